The Hall–Kier alpha value is 0.340. The Morgan fingerprint density at radius 1 is 1.50 bits per heavy atom. The fraction of sp³-hybridized carbons (Fsp3) is 0.333. The second-order valence-electron chi connectivity index (χ2n) is 1.20. The Labute approximate surface area is 55.3 Å². The molecule has 1 heterocycles. The molecule has 0 aromatic rings. The van der Waals surface area contributed by atoms with E-state index in [0.29, 0.717) is 0 Å². The minimum Gasteiger partial charge on any atom is -0.236 e. The van der Waals surface area contributed by atoms with Crippen LogP contribution < -0.4 is 0 Å². The van der Waals surface area contributed by atoms with Crippen LogP contribution in [0.5, 0.6) is 0 Å². The minimum absolute atomic E-state index is 0.282. The number of hydrogen-bond acceptors (Lipinski definition) is 4. The zero-order valence-corrected chi connectivity index (χ0v) is 6.34. The van der Waals surface area contributed by atoms with Crippen LogP contribution in [-0.4, -0.2) is 4.99 Å². The summed E-state index contributed by atoms with van der Waals surface area (Å²) in [7, 11) is 0.576. The van der Waals surface area contributed by atoms with Crippen molar-refractivity contribution in [3.05, 3.63) is 11.5 Å². The van der Waals surface area contributed by atoms with Crippen LogP contribution in [0.2, 0.25) is 0 Å². The summed E-state index contributed by atoms with van der Waals surface area (Å²) in [5.74, 6) is 0. The molecule has 0 bridgehead atoms. The van der Waals surface area contributed by atoms with Crippen molar-refractivity contribution in [3.8, 4) is 0 Å². The Morgan fingerprint density at radius 3 is 2.50 bits per heavy atom. The highest BCUT2D eigenvalue weighted by Crippen LogP contribution is 2.42. The smallest absolute Gasteiger partial charge is 0.236 e. The van der Waals surface area contributed by atoms with E-state index >= 15 is 0 Å². The van der Waals surface area contributed by atoms with Gasteiger partial charge in [-0.1, -0.05) is 21.6 Å². The Morgan fingerprint density at radius 2 is 2.25 bits per heavy atom. The van der Waals surface area contributed by atoms with Crippen molar-refractivity contribution in [2.45, 2.75) is 4.99 Å². The minimum atomic E-state index is -2.25. The van der Waals surface area contributed by atoms with Crippen molar-refractivity contribution in [3.63, 3.8) is 0 Å². The summed E-state index contributed by atoms with van der Waals surface area (Å²) in [6, 6.07) is 0. The van der Waals surface area contributed by atoms with E-state index in [-0.39, 0.29) is 4.99 Å². The molecule has 2 nitrogen and oxygen atoms in total. The fourth-order valence-corrected chi connectivity index (χ4v) is 3.59. The van der Waals surface area contributed by atoms with Crippen LogP contribution in [0.15, 0.2) is 11.5 Å². The molecule has 0 N–H and O–H groups in total. The molecular weight excluding hydrogens is 163 g/mol. The maximum absolute atomic E-state index is 10.2. The van der Waals surface area contributed by atoms with Crippen molar-refractivity contribution in [1.29, 1.82) is 0 Å². The molecule has 0 aromatic carbocycles. The lowest BCUT2D eigenvalue weighted by Crippen LogP contribution is -1.75. The summed E-state index contributed by atoms with van der Waals surface area (Å²) in [4.78, 5) is -0.282. The quantitative estimate of drug-likeness (QED) is 0.442. The lowest BCUT2D eigenvalue weighted by atomic mass is 10.7. The lowest BCUT2D eigenvalue weighted by molar-refractivity contribution is 0.516. The summed E-state index contributed by atoms with van der Waals surface area (Å²) in [5.41, 5.74) is 0. The van der Waals surface area contributed by atoms with E-state index in [1.54, 1.807) is 11.5 Å². The van der Waals surface area contributed by atoms with Crippen LogP contribution >= 0.6 is 29.3 Å². The highest BCUT2D eigenvalue weighted by Gasteiger charge is 2.14. The Bertz CT molecular complexity index is 166. The first-order valence-electron chi connectivity index (χ1n) is 1.93. The van der Waals surface area contributed by atoms with Gasteiger partial charge in [0.1, 0.15) is 4.99 Å². The molecule has 0 aromatic heterocycles. The molecule has 5 heteroatoms. The predicted molar refractivity (Wildman–Crippen MR) is 36.4 cm³/mol. The highest BCUT2D eigenvalue weighted by molar-refractivity contribution is 8.79. The summed E-state index contributed by atoms with van der Waals surface area (Å²) in [5, 5.41) is 1.79. The predicted octanol–water partition coefficient (Wildman–Crippen LogP) is 2.39. The molecule has 0 aliphatic carbocycles. The summed E-state index contributed by atoms with van der Waals surface area (Å²) in [6.07, 6.45) is 1.68. The van der Waals surface area contributed by atoms with Crippen molar-refractivity contribution >= 4 is 29.3 Å². The monoisotopic (exact) mass is 166 g/mol. The first-order chi connectivity index (χ1) is 3.80. The van der Waals surface area contributed by atoms with Gasteiger partial charge in [0.15, 0.2) is 0 Å². The zero-order chi connectivity index (χ0) is 5.98. The molecule has 44 valence electrons. The molecule has 1 unspecified atom stereocenters. The second kappa shape index (κ2) is 2.76. The van der Waals surface area contributed by atoms with Gasteiger partial charge in [-0.3, -0.25) is 0 Å². The second-order valence-corrected chi connectivity index (χ2v) is 4.99. The molecule has 1 rings (SSSR count). The molecule has 1 aliphatic heterocycles. The average molecular weight is 166 g/mol. The van der Waals surface area contributed by atoms with E-state index in [1.165, 1.54) is 21.6 Å². The normalized spacial score (nSPS) is 26.2. The van der Waals surface area contributed by atoms with Gasteiger partial charge >= 0.3 is 7.68 Å². The molecular formula is C3H3O2PS2. The van der Waals surface area contributed by atoms with Crippen LogP contribution in [0.1, 0.15) is 0 Å². The first-order valence-corrected chi connectivity index (χ1v) is 5.45. The van der Waals surface area contributed by atoms with Crippen molar-refractivity contribution in [2.75, 3.05) is 0 Å². The van der Waals surface area contributed by atoms with Gasteiger partial charge < -0.3 is 0 Å². The van der Waals surface area contributed by atoms with Crippen LogP contribution in [-0.2, 0) is 9.13 Å². The molecule has 0 amide bonds. The maximum atomic E-state index is 10.2. The van der Waals surface area contributed by atoms with Gasteiger partial charge in [0.05, 0.1) is 0 Å². The van der Waals surface area contributed by atoms with E-state index in [4.69, 9.17) is 0 Å². The fourth-order valence-electron chi connectivity index (χ4n) is 0.326. The molecule has 1 atom stereocenters. The standard InChI is InChI=1S/C3H3O2PS2/c4-6(5)3-1-2-7-8-3/h1-3H. The summed E-state index contributed by atoms with van der Waals surface area (Å²) in [6.45, 7) is 0. The van der Waals surface area contributed by atoms with Crippen LogP contribution in [0.4, 0.5) is 0 Å². The van der Waals surface area contributed by atoms with E-state index in [0.717, 1.165) is 0 Å². The topological polar surface area (TPSA) is 34.1 Å². The third kappa shape index (κ3) is 1.41. The molecule has 0 saturated carbocycles. The first kappa shape index (κ1) is 6.46. The van der Waals surface area contributed by atoms with Crippen molar-refractivity contribution < 1.29 is 9.13 Å². The van der Waals surface area contributed by atoms with E-state index < -0.39 is 7.68 Å². The molecule has 1 aliphatic rings. The van der Waals surface area contributed by atoms with Gasteiger partial charge in [0.2, 0.25) is 0 Å². The molecule has 0 saturated heterocycles. The van der Waals surface area contributed by atoms with Crippen molar-refractivity contribution in [1.82, 2.24) is 0 Å². The average Bonchev–Trinajstić information content (AvgIpc) is 2.12. The molecule has 8 heavy (non-hydrogen) atoms. The van der Waals surface area contributed by atoms with Gasteiger partial charge in [-0.25, -0.2) is 9.13 Å². The van der Waals surface area contributed by atoms with Gasteiger partial charge in [-0.05, 0) is 11.5 Å². The van der Waals surface area contributed by atoms with Crippen molar-refractivity contribution in [2.24, 2.45) is 0 Å². The molecule has 0 radical (unpaired) electrons. The molecule has 0 spiro atoms. The summed E-state index contributed by atoms with van der Waals surface area (Å²) < 4.78 is 20.3. The van der Waals surface area contributed by atoms with Crippen LogP contribution in [0.25, 0.3) is 0 Å². The van der Waals surface area contributed by atoms with E-state index in [2.05, 4.69) is 0 Å². The maximum Gasteiger partial charge on any atom is 0.333 e. The van der Waals surface area contributed by atoms with E-state index in [9.17, 15) is 9.13 Å². The SMILES string of the molecule is O=P(=O)C1C=CSS1. The van der Waals surface area contributed by atoms with Gasteiger partial charge in [-0.15, -0.1) is 0 Å². The van der Waals surface area contributed by atoms with E-state index in [1.807, 2.05) is 0 Å². The lowest BCUT2D eigenvalue weighted by Gasteiger charge is -1.86. The third-order valence-corrected chi connectivity index (χ3v) is 4.53. The van der Waals surface area contributed by atoms with Gasteiger partial charge in [0, 0.05) is 0 Å². The highest BCUT2D eigenvalue weighted by atomic mass is 33.1. The Balaban J connectivity index is 2.61. The van der Waals surface area contributed by atoms with Gasteiger partial charge in [-0.2, -0.15) is 0 Å². The number of rotatable bonds is 1. The third-order valence-electron chi connectivity index (χ3n) is 0.661. The van der Waals surface area contributed by atoms with Gasteiger partial charge in [0.25, 0.3) is 0 Å². The van der Waals surface area contributed by atoms with Crippen LogP contribution in [0.3, 0.4) is 0 Å². The molecule has 0 fully saturated rings. The largest absolute Gasteiger partial charge is 0.333 e. The summed E-state index contributed by atoms with van der Waals surface area (Å²) >= 11 is 0. The van der Waals surface area contributed by atoms with Crippen LogP contribution in [0, 0.1) is 0 Å². The number of hydrogen-bond donors (Lipinski definition) is 0. The Kier molecular flexibility index (Phi) is 2.23. The zero-order valence-electron chi connectivity index (χ0n) is 3.81.